The summed E-state index contributed by atoms with van der Waals surface area (Å²) in [5.74, 6) is -0.629. The maximum absolute atomic E-state index is 13.0. The van der Waals surface area contributed by atoms with E-state index < -0.39 is 22.5 Å². The third kappa shape index (κ3) is 3.27. The molecular weight excluding hydrogens is 350 g/mol. The standard InChI is InChI=1S/C19H21N3O5/c23-15-16(24)21-14-8-12(4-5-13(14)20-15)17(25)22-7-1-6-19(10-22,18(26)27)9-11-2-3-11/h4-5,8,11H,1-3,6-7,9-10H2,(H,20,23)(H,21,24)(H,26,27)/t19-/m0/s1. The average molecular weight is 371 g/mol. The molecule has 1 aliphatic carbocycles. The van der Waals surface area contributed by atoms with Crippen LogP contribution < -0.4 is 11.1 Å². The Balaban J connectivity index is 1.62. The fraction of sp³-hybridized carbons (Fsp3) is 0.474. The van der Waals surface area contributed by atoms with Crippen molar-refractivity contribution in [3.05, 3.63) is 44.5 Å². The Morgan fingerprint density at radius 3 is 2.52 bits per heavy atom. The molecule has 1 aliphatic heterocycles. The molecule has 3 N–H and O–H groups in total. The van der Waals surface area contributed by atoms with Gasteiger partial charge in [-0.15, -0.1) is 0 Å². The molecule has 1 saturated heterocycles. The fourth-order valence-electron chi connectivity index (χ4n) is 4.04. The minimum Gasteiger partial charge on any atom is -0.481 e. The van der Waals surface area contributed by atoms with Gasteiger partial charge in [0.25, 0.3) is 5.91 Å². The molecule has 1 amide bonds. The van der Waals surface area contributed by atoms with Crippen molar-refractivity contribution in [3.8, 4) is 0 Å². The highest BCUT2D eigenvalue weighted by Gasteiger charge is 2.46. The summed E-state index contributed by atoms with van der Waals surface area (Å²) in [7, 11) is 0. The molecule has 0 unspecified atom stereocenters. The number of nitrogens with zero attached hydrogens (tertiary/aromatic N) is 1. The van der Waals surface area contributed by atoms with Crippen molar-refractivity contribution in [2.24, 2.45) is 11.3 Å². The molecule has 1 aromatic heterocycles. The van der Waals surface area contributed by atoms with Crippen LogP contribution in [-0.4, -0.2) is 44.9 Å². The number of carboxylic acids is 1. The van der Waals surface area contributed by atoms with Crippen LogP contribution in [0.3, 0.4) is 0 Å². The fourth-order valence-corrected chi connectivity index (χ4v) is 4.04. The molecule has 0 radical (unpaired) electrons. The predicted molar refractivity (Wildman–Crippen MR) is 97.7 cm³/mol. The summed E-state index contributed by atoms with van der Waals surface area (Å²) in [6, 6.07) is 4.67. The number of amides is 1. The second-order valence-corrected chi connectivity index (χ2v) is 7.73. The van der Waals surface area contributed by atoms with Crippen molar-refractivity contribution < 1.29 is 14.7 Å². The van der Waals surface area contributed by atoms with Crippen LogP contribution in [0.25, 0.3) is 11.0 Å². The smallest absolute Gasteiger partial charge is 0.314 e. The molecule has 2 aliphatic rings. The van der Waals surface area contributed by atoms with Gasteiger partial charge in [0.2, 0.25) is 0 Å². The second kappa shape index (κ2) is 6.37. The number of piperidine rings is 1. The normalized spacial score (nSPS) is 22.7. The minimum absolute atomic E-state index is 0.206. The molecule has 4 rings (SSSR count). The van der Waals surface area contributed by atoms with Gasteiger partial charge in [-0.25, -0.2) is 0 Å². The summed E-state index contributed by atoms with van der Waals surface area (Å²) in [5.41, 5.74) is -1.24. The summed E-state index contributed by atoms with van der Waals surface area (Å²) < 4.78 is 0. The van der Waals surface area contributed by atoms with Crippen LogP contribution in [-0.2, 0) is 4.79 Å². The van der Waals surface area contributed by atoms with Gasteiger partial charge in [-0.05, 0) is 43.4 Å². The van der Waals surface area contributed by atoms with Crippen LogP contribution in [0, 0.1) is 11.3 Å². The van der Waals surface area contributed by atoms with E-state index in [1.165, 1.54) is 6.07 Å². The first-order valence-electron chi connectivity index (χ1n) is 9.17. The molecule has 1 saturated carbocycles. The topological polar surface area (TPSA) is 123 Å². The van der Waals surface area contributed by atoms with Crippen molar-refractivity contribution >= 4 is 22.9 Å². The predicted octanol–water partition coefficient (Wildman–Crippen LogP) is 1.32. The van der Waals surface area contributed by atoms with Gasteiger partial charge in [0, 0.05) is 18.7 Å². The molecule has 142 valence electrons. The van der Waals surface area contributed by atoms with E-state index in [1.54, 1.807) is 17.0 Å². The lowest BCUT2D eigenvalue weighted by Gasteiger charge is -2.40. The first kappa shape index (κ1) is 17.5. The zero-order valence-corrected chi connectivity index (χ0v) is 14.8. The number of benzene rings is 1. The van der Waals surface area contributed by atoms with Gasteiger partial charge in [0.05, 0.1) is 16.4 Å². The highest BCUT2D eigenvalue weighted by atomic mass is 16.4. The van der Waals surface area contributed by atoms with E-state index in [4.69, 9.17) is 0 Å². The number of aliphatic carboxylic acids is 1. The van der Waals surface area contributed by atoms with E-state index in [0.717, 1.165) is 12.8 Å². The monoisotopic (exact) mass is 371 g/mol. The molecule has 0 spiro atoms. The number of rotatable bonds is 4. The maximum atomic E-state index is 13.0. The summed E-state index contributed by atoms with van der Waals surface area (Å²) in [4.78, 5) is 54.4. The summed E-state index contributed by atoms with van der Waals surface area (Å²) in [6.07, 6.45) is 4.01. The lowest BCUT2D eigenvalue weighted by Crippen LogP contribution is -2.50. The van der Waals surface area contributed by atoms with Crippen molar-refractivity contribution in [2.75, 3.05) is 13.1 Å². The van der Waals surface area contributed by atoms with E-state index in [-0.39, 0.29) is 12.5 Å². The molecule has 27 heavy (non-hydrogen) atoms. The van der Waals surface area contributed by atoms with Crippen molar-refractivity contribution in [3.63, 3.8) is 0 Å². The van der Waals surface area contributed by atoms with Gasteiger partial charge in [-0.3, -0.25) is 19.2 Å². The lowest BCUT2D eigenvalue weighted by molar-refractivity contribution is -0.152. The number of carboxylic acid groups (broad SMARTS) is 1. The van der Waals surface area contributed by atoms with Crippen molar-refractivity contribution in [2.45, 2.75) is 32.1 Å². The lowest BCUT2D eigenvalue weighted by atomic mass is 9.75. The third-order valence-corrected chi connectivity index (χ3v) is 5.66. The van der Waals surface area contributed by atoms with Crippen LogP contribution in [0.5, 0.6) is 0 Å². The van der Waals surface area contributed by atoms with E-state index in [2.05, 4.69) is 9.97 Å². The number of carbonyl (C=O) groups is 2. The SMILES string of the molecule is O=C(c1ccc2[nH]c(=O)c(=O)[nH]c2c1)N1CCC[C@@](CC2CC2)(C(=O)O)C1. The molecule has 2 heterocycles. The Hall–Kier alpha value is -2.90. The largest absolute Gasteiger partial charge is 0.481 e. The average Bonchev–Trinajstić information content (AvgIpc) is 3.45. The van der Waals surface area contributed by atoms with Gasteiger partial charge in [0.15, 0.2) is 0 Å². The quantitative estimate of drug-likeness (QED) is 0.700. The van der Waals surface area contributed by atoms with Crippen LogP contribution >= 0.6 is 0 Å². The van der Waals surface area contributed by atoms with Crippen LogP contribution in [0.2, 0.25) is 0 Å². The summed E-state index contributed by atoms with van der Waals surface area (Å²) in [5, 5.41) is 9.82. The van der Waals surface area contributed by atoms with Crippen molar-refractivity contribution in [1.82, 2.24) is 14.9 Å². The van der Waals surface area contributed by atoms with Gasteiger partial charge >= 0.3 is 17.1 Å². The number of H-pyrrole nitrogens is 2. The highest BCUT2D eigenvalue weighted by molar-refractivity contribution is 5.97. The molecule has 2 fully saturated rings. The minimum atomic E-state index is -0.870. The molecule has 8 heteroatoms. The van der Waals surface area contributed by atoms with Crippen LogP contribution in [0.1, 0.15) is 42.5 Å². The molecular formula is C19H21N3O5. The van der Waals surface area contributed by atoms with Gasteiger partial charge in [-0.1, -0.05) is 12.8 Å². The number of aromatic amines is 2. The van der Waals surface area contributed by atoms with E-state index in [1.807, 2.05) is 0 Å². The molecule has 0 bridgehead atoms. The number of hydrogen-bond donors (Lipinski definition) is 3. The number of hydrogen-bond acceptors (Lipinski definition) is 4. The van der Waals surface area contributed by atoms with Crippen molar-refractivity contribution in [1.29, 1.82) is 0 Å². The maximum Gasteiger partial charge on any atom is 0.314 e. The Kier molecular flexibility index (Phi) is 4.13. The first-order valence-corrected chi connectivity index (χ1v) is 9.17. The summed E-state index contributed by atoms with van der Waals surface area (Å²) in [6.45, 7) is 0.719. The van der Waals surface area contributed by atoms with E-state index in [9.17, 15) is 24.3 Å². The molecule has 1 aromatic carbocycles. The highest BCUT2D eigenvalue weighted by Crippen LogP contribution is 2.45. The number of aromatic nitrogens is 2. The summed E-state index contributed by atoms with van der Waals surface area (Å²) >= 11 is 0. The van der Waals surface area contributed by atoms with Crippen LogP contribution in [0.4, 0.5) is 0 Å². The number of fused-ring (bicyclic) bond motifs is 1. The third-order valence-electron chi connectivity index (χ3n) is 5.66. The molecule has 1 atom stereocenters. The Morgan fingerprint density at radius 1 is 1.15 bits per heavy atom. The van der Waals surface area contributed by atoms with E-state index in [0.29, 0.717) is 48.3 Å². The Bertz CT molecular complexity index is 1040. The zero-order chi connectivity index (χ0) is 19.2. The Morgan fingerprint density at radius 2 is 1.85 bits per heavy atom. The van der Waals surface area contributed by atoms with E-state index >= 15 is 0 Å². The van der Waals surface area contributed by atoms with Gasteiger partial charge < -0.3 is 20.0 Å². The van der Waals surface area contributed by atoms with Gasteiger partial charge in [-0.2, -0.15) is 0 Å². The number of carbonyl (C=O) groups excluding carboxylic acids is 1. The zero-order valence-electron chi connectivity index (χ0n) is 14.8. The second-order valence-electron chi connectivity index (χ2n) is 7.73. The number of nitrogens with one attached hydrogen (secondary N) is 2. The molecule has 8 nitrogen and oxygen atoms in total. The van der Waals surface area contributed by atoms with Crippen LogP contribution in [0.15, 0.2) is 27.8 Å². The Labute approximate surface area is 154 Å². The first-order chi connectivity index (χ1) is 12.9. The molecule has 2 aromatic rings. The van der Waals surface area contributed by atoms with Gasteiger partial charge in [0.1, 0.15) is 0 Å². The number of likely N-dealkylation sites (tertiary alicyclic amines) is 1.